The molecule has 0 aromatic heterocycles. The fourth-order valence-corrected chi connectivity index (χ4v) is 2.95. The molecule has 0 aliphatic carbocycles. The number of carbonyl (C=O) groups excluding carboxylic acids is 2. The monoisotopic (exact) mass is 382 g/mol. The molecule has 1 N–H and O–H groups in total. The Morgan fingerprint density at radius 1 is 1.11 bits per heavy atom. The molecular weight excluding hydrogens is 360 g/mol. The van der Waals surface area contributed by atoms with Crippen molar-refractivity contribution in [3.05, 3.63) is 48.5 Å². The predicted octanol–water partition coefficient (Wildman–Crippen LogP) is 2.96. The van der Waals surface area contributed by atoms with E-state index in [0.29, 0.717) is 22.9 Å². The van der Waals surface area contributed by atoms with Gasteiger partial charge in [0.25, 0.3) is 5.91 Å². The highest BCUT2D eigenvalue weighted by atomic mass is 16.5. The number of aliphatic imine (C=N–C) groups is 1. The van der Waals surface area contributed by atoms with E-state index in [4.69, 9.17) is 9.47 Å². The van der Waals surface area contributed by atoms with E-state index in [1.54, 1.807) is 30.3 Å². The molecule has 1 aliphatic heterocycles. The minimum atomic E-state index is -0.662. The molecule has 0 spiro atoms. The summed E-state index contributed by atoms with van der Waals surface area (Å²) in [5.74, 6) is 0.682. The van der Waals surface area contributed by atoms with E-state index < -0.39 is 6.03 Å². The maximum Gasteiger partial charge on any atom is 0.345 e. The second kappa shape index (κ2) is 8.10. The zero-order valence-corrected chi connectivity index (χ0v) is 16.2. The number of methoxy groups -OCH3 is 2. The van der Waals surface area contributed by atoms with Crippen LogP contribution in [0.1, 0.15) is 6.92 Å². The van der Waals surface area contributed by atoms with Gasteiger partial charge in [-0.15, -0.1) is 0 Å². The average Bonchev–Trinajstić information content (AvgIpc) is 2.91. The molecule has 1 unspecified atom stereocenters. The number of nitrogens with one attached hydrogen (secondary N) is 1. The van der Waals surface area contributed by atoms with Gasteiger partial charge in [-0.2, -0.15) is 4.99 Å². The molecule has 1 aliphatic rings. The summed E-state index contributed by atoms with van der Waals surface area (Å²) < 4.78 is 10.4. The number of carbonyl (C=O) groups is 2. The van der Waals surface area contributed by atoms with Gasteiger partial charge >= 0.3 is 6.03 Å². The number of nitrogens with zero attached hydrogens (tertiary/aromatic N) is 3. The highest BCUT2D eigenvalue weighted by Gasteiger charge is 2.40. The third kappa shape index (κ3) is 3.67. The molecular formula is C20H22N4O4. The number of rotatable bonds is 4. The van der Waals surface area contributed by atoms with Gasteiger partial charge in [-0.1, -0.05) is 18.2 Å². The maximum absolute atomic E-state index is 12.9. The number of para-hydroxylation sites is 1. The van der Waals surface area contributed by atoms with Crippen molar-refractivity contribution < 1.29 is 19.1 Å². The Kier molecular flexibility index (Phi) is 5.60. The molecule has 3 rings (SSSR count). The lowest BCUT2D eigenvalue weighted by atomic mass is 10.2. The molecule has 28 heavy (non-hydrogen) atoms. The predicted molar refractivity (Wildman–Crippen MR) is 107 cm³/mol. The minimum Gasteiger partial charge on any atom is -0.497 e. The molecule has 1 saturated heterocycles. The number of hydrogen-bond donors (Lipinski definition) is 1. The van der Waals surface area contributed by atoms with Crippen LogP contribution in [0.2, 0.25) is 0 Å². The van der Waals surface area contributed by atoms with Crippen molar-refractivity contribution in [3.63, 3.8) is 0 Å². The minimum absolute atomic E-state index is 0.158. The topological polar surface area (TPSA) is 83.5 Å². The summed E-state index contributed by atoms with van der Waals surface area (Å²) in [5.41, 5.74) is 1.27. The molecule has 0 radical (unpaired) electrons. The van der Waals surface area contributed by atoms with Crippen molar-refractivity contribution in [2.75, 3.05) is 31.6 Å². The molecule has 8 heteroatoms. The van der Waals surface area contributed by atoms with Gasteiger partial charge in [-0.25, -0.2) is 14.8 Å². The Bertz CT molecular complexity index is 914. The van der Waals surface area contributed by atoms with Gasteiger partial charge in [0.15, 0.2) is 0 Å². The molecule has 3 amide bonds. The second-order valence-electron chi connectivity index (χ2n) is 6.20. The van der Waals surface area contributed by atoms with Crippen LogP contribution < -0.4 is 19.8 Å². The van der Waals surface area contributed by atoms with Crippen LogP contribution in [0.4, 0.5) is 16.2 Å². The van der Waals surface area contributed by atoms with Crippen LogP contribution in [-0.2, 0) is 4.79 Å². The third-order valence-electron chi connectivity index (χ3n) is 4.55. The number of urea groups is 1. The van der Waals surface area contributed by atoms with Crippen LogP contribution in [0.25, 0.3) is 0 Å². The van der Waals surface area contributed by atoms with Gasteiger partial charge in [0.05, 0.1) is 31.6 Å². The van der Waals surface area contributed by atoms with E-state index in [1.165, 1.54) is 19.2 Å². The van der Waals surface area contributed by atoms with Crippen LogP contribution >= 0.6 is 0 Å². The van der Waals surface area contributed by atoms with Crippen molar-refractivity contribution in [3.8, 4) is 11.5 Å². The van der Waals surface area contributed by atoms with E-state index in [2.05, 4.69) is 10.3 Å². The van der Waals surface area contributed by atoms with Gasteiger partial charge in [-0.3, -0.25) is 4.79 Å². The number of anilines is 2. The molecule has 146 valence electrons. The van der Waals surface area contributed by atoms with Crippen LogP contribution in [0.5, 0.6) is 11.5 Å². The smallest absolute Gasteiger partial charge is 0.345 e. The quantitative estimate of drug-likeness (QED) is 0.879. The highest BCUT2D eigenvalue weighted by Crippen LogP contribution is 2.29. The molecule has 8 nitrogen and oxygen atoms in total. The van der Waals surface area contributed by atoms with E-state index in [1.807, 2.05) is 37.3 Å². The number of amides is 3. The largest absolute Gasteiger partial charge is 0.497 e. The summed E-state index contributed by atoms with van der Waals surface area (Å²) in [7, 11) is 4.81. The highest BCUT2D eigenvalue weighted by molar-refractivity contribution is 6.48. The standard InChI is InChI=1S/C20H22N4O4/c1-13-18(19(25)24(23(13)2)14-8-6-5-7-9-14)22-20(26)21-16-12-15(27-3)10-11-17(16)28-4/h5-13H,1-4H3,(H,21,26). The Labute approximate surface area is 163 Å². The third-order valence-corrected chi connectivity index (χ3v) is 4.55. The van der Waals surface area contributed by atoms with Crippen molar-refractivity contribution in [1.82, 2.24) is 5.01 Å². The fourth-order valence-electron chi connectivity index (χ4n) is 2.95. The van der Waals surface area contributed by atoms with Gasteiger partial charge in [0, 0.05) is 13.1 Å². The lowest BCUT2D eigenvalue weighted by Gasteiger charge is -2.25. The van der Waals surface area contributed by atoms with Crippen molar-refractivity contribution in [2.24, 2.45) is 4.99 Å². The molecule has 1 atom stereocenters. The number of hydrazine groups is 1. The molecule has 2 aromatic rings. The van der Waals surface area contributed by atoms with Crippen molar-refractivity contribution in [1.29, 1.82) is 0 Å². The van der Waals surface area contributed by atoms with E-state index in [0.717, 1.165) is 0 Å². The van der Waals surface area contributed by atoms with Crippen molar-refractivity contribution in [2.45, 2.75) is 13.0 Å². The van der Waals surface area contributed by atoms with Gasteiger partial charge < -0.3 is 14.8 Å². The SMILES string of the molecule is COc1ccc(OC)c(NC(=O)N=C2C(=O)N(c3ccccc3)N(C)C2C)c1. The first kappa shape index (κ1) is 19.4. The van der Waals surface area contributed by atoms with E-state index in [9.17, 15) is 9.59 Å². The Hall–Kier alpha value is -3.39. The number of benzene rings is 2. The summed E-state index contributed by atoms with van der Waals surface area (Å²) in [6.07, 6.45) is 0. The summed E-state index contributed by atoms with van der Waals surface area (Å²) in [6.45, 7) is 1.82. The Balaban J connectivity index is 1.85. The number of ether oxygens (including phenoxy) is 2. The van der Waals surface area contributed by atoms with Gasteiger partial charge in [0.2, 0.25) is 0 Å². The van der Waals surface area contributed by atoms with Crippen molar-refractivity contribution >= 4 is 29.0 Å². The summed E-state index contributed by atoms with van der Waals surface area (Å²) >= 11 is 0. The van der Waals surface area contributed by atoms with Gasteiger partial charge in [-0.05, 0) is 31.2 Å². The van der Waals surface area contributed by atoms with Crippen LogP contribution in [-0.4, -0.2) is 50.0 Å². The fraction of sp³-hybridized carbons (Fsp3) is 0.250. The van der Waals surface area contributed by atoms with Gasteiger partial charge in [0.1, 0.15) is 17.2 Å². The lowest BCUT2D eigenvalue weighted by Crippen LogP contribution is -2.38. The summed E-state index contributed by atoms with van der Waals surface area (Å²) in [5, 5.41) is 5.90. The van der Waals surface area contributed by atoms with E-state index >= 15 is 0 Å². The van der Waals surface area contributed by atoms with Crippen LogP contribution in [0.3, 0.4) is 0 Å². The zero-order valence-electron chi connectivity index (χ0n) is 16.2. The summed E-state index contributed by atoms with van der Waals surface area (Å²) in [6, 6.07) is 13.2. The molecule has 1 fully saturated rings. The molecule has 0 saturated carbocycles. The first-order valence-corrected chi connectivity index (χ1v) is 8.70. The molecule has 0 bridgehead atoms. The zero-order chi connectivity index (χ0) is 20.3. The molecule has 1 heterocycles. The second-order valence-corrected chi connectivity index (χ2v) is 6.20. The molecule has 2 aromatic carbocycles. The Morgan fingerprint density at radius 3 is 2.46 bits per heavy atom. The van der Waals surface area contributed by atoms with Crippen LogP contribution in [0, 0.1) is 0 Å². The first-order chi connectivity index (χ1) is 13.5. The Morgan fingerprint density at radius 2 is 1.82 bits per heavy atom. The normalized spacial score (nSPS) is 18.4. The average molecular weight is 382 g/mol. The first-order valence-electron chi connectivity index (χ1n) is 8.70. The number of hydrogen-bond acceptors (Lipinski definition) is 5. The lowest BCUT2D eigenvalue weighted by molar-refractivity contribution is -0.113. The maximum atomic E-state index is 12.9. The van der Waals surface area contributed by atoms with E-state index in [-0.39, 0.29) is 17.7 Å². The summed E-state index contributed by atoms with van der Waals surface area (Å²) in [4.78, 5) is 29.4. The van der Waals surface area contributed by atoms with Crippen LogP contribution in [0.15, 0.2) is 53.5 Å².